The van der Waals surface area contributed by atoms with Gasteiger partial charge in [0.1, 0.15) is 5.82 Å². The molecule has 0 saturated heterocycles. The van der Waals surface area contributed by atoms with E-state index in [1.54, 1.807) is 13.8 Å². The molecule has 5 nitrogen and oxygen atoms in total. The lowest BCUT2D eigenvalue weighted by molar-refractivity contribution is -0.118. The minimum atomic E-state index is -0.749. The van der Waals surface area contributed by atoms with Crippen LogP contribution in [0, 0.1) is 11.7 Å². The van der Waals surface area contributed by atoms with Crippen LogP contribution in [0.2, 0.25) is 0 Å². The van der Waals surface area contributed by atoms with Crippen LogP contribution < -0.4 is 11.1 Å². The molecule has 3 N–H and O–H groups in total. The Hall–Kier alpha value is -1.95. The number of nitrogens with one attached hydrogen (secondary N) is 1. The van der Waals surface area contributed by atoms with E-state index in [4.69, 9.17) is 5.73 Å². The largest absolute Gasteiger partial charge is 0.465 e. The Morgan fingerprint density at radius 2 is 2.00 bits per heavy atom. The molecule has 0 unspecified atom stereocenters. The van der Waals surface area contributed by atoms with Gasteiger partial charge in [-0.05, 0) is 24.1 Å². The number of hydrogen-bond acceptors (Lipinski definition) is 4. The molecule has 6 heteroatoms. The molecule has 0 heterocycles. The fourth-order valence-electron chi connectivity index (χ4n) is 1.38. The Morgan fingerprint density at radius 1 is 1.37 bits per heavy atom. The lowest BCUT2D eigenvalue weighted by Gasteiger charge is -2.16. The van der Waals surface area contributed by atoms with Gasteiger partial charge in [-0.1, -0.05) is 13.8 Å². The monoisotopic (exact) mass is 268 g/mol. The third-order valence-corrected chi connectivity index (χ3v) is 2.67. The van der Waals surface area contributed by atoms with E-state index < -0.39 is 23.7 Å². The van der Waals surface area contributed by atoms with Crippen molar-refractivity contribution in [3.8, 4) is 0 Å². The van der Waals surface area contributed by atoms with Crippen LogP contribution in [0.4, 0.5) is 10.1 Å². The number of esters is 1. The molecule has 0 aromatic heterocycles. The van der Waals surface area contributed by atoms with Crippen molar-refractivity contribution in [2.75, 3.05) is 12.4 Å². The van der Waals surface area contributed by atoms with Crippen LogP contribution in [0.25, 0.3) is 0 Å². The van der Waals surface area contributed by atoms with Crippen LogP contribution in [-0.4, -0.2) is 25.0 Å². The predicted molar refractivity (Wildman–Crippen MR) is 69.2 cm³/mol. The van der Waals surface area contributed by atoms with Crippen molar-refractivity contribution < 1.29 is 18.7 Å². The zero-order chi connectivity index (χ0) is 14.6. The molecule has 1 amide bonds. The summed E-state index contributed by atoms with van der Waals surface area (Å²) in [5, 5.41) is 2.36. The number of benzene rings is 1. The number of anilines is 1. The summed E-state index contributed by atoms with van der Waals surface area (Å²) in [4.78, 5) is 23.1. The summed E-state index contributed by atoms with van der Waals surface area (Å²) in [5.74, 6) is -1.83. The highest BCUT2D eigenvalue weighted by atomic mass is 19.1. The zero-order valence-corrected chi connectivity index (χ0v) is 11.1. The second-order valence-electron chi connectivity index (χ2n) is 4.45. The molecule has 1 rings (SSSR count). The van der Waals surface area contributed by atoms with E-state index in [2.05, 4.69) is 10.1 Å². The van der Waals surface area contributed by atoms with E-state index in [1.165, 1.54) is 19.2 Å². The second kappa shape index (κ2) is 6.29. The Kier molecular flexibility index (Phi) is 5.00. The van der Waals surface area contributed by atoms with Crippen LogP contribution in [0.3, 0.4) is 0 Å². The summed E-state index contributed by atoms with van der Waals surface area (Å²) in [6, 6.07) is 2.83. The number of carbonyl (C=O) groups is 2. The zero-order valence-electron chi connectivity index (χ0n) is 11.1. The van der Waals surface area contributed by atoms with Gasteiger partial charge in [0.05, 0.1) is 24.4 Å². The van der Waals surface area contributed by atoms with E-state index in [0.717, 1.165) is 6.07 Å². The van der Waals surface area contributed by atoms with Gasteiger partial charge in [-0.3, -0.25) is 4.79 Å². The highest BCUT2D eigenvalue weighted by Crippen LogP contribution is 2.17. The molecular weight excluding hydrogens is 251 g/mol. The van der Waals surface area contributed by atoms with Gasteiger partial charge < -0.3 is 15.8 Å². The number of ether oxygens (including phenoxy) is 1. The Balaban J connectivity index is 2.94. The minimum absolute atomic E-state index is 0.0770. The molecule has 0 aliphatic rings. The minimum Gasteiger partial charge on any atom is -0.465 e. The van der Waals surface area contributed by atoms with Gasteiger partial charge >= 0.3 is 5.97 Å². The smallest absolute Gasteiger partial charge is 0.337 e. The maximum atomic E-state index is 13.6. The Labute approximate surface area is 110 Å². The van der Waals surface area contributed by atoms with Gasteiger partial charge in [0, 0.05) is 0 Å². The summed E-state index contributed by atoms with van der Waals surface area (Å²) < 4.78 is 18.1. The summed E-state index contributed by atoms with van der Waals surface area (Å²) in [5.41, 5.74) is 5.71. The van der Waals surface area contributed by atoms with Gasteiger partial charge in [-0.15, -0.1) is 0 Å². The number of carbonyl (C=O) groups excluding carboxylic acids is 2. The first-order chi connectivity index (χ1) is 8.86. The Bertz CT molecular complexity index is 489. The molecule has 0 spiro atoms. The molecule has 19 heavy (non-hydrogen) atoms. The van der Waals surface area contributed by atoms with Crippen LogP contribution in [-0.2, 0) is 9.53 Å². The summed E-state index contributed by atoms with van der Waals surface area (Å²) in [6.45, 7) is 3.57. The molecule has 0 fully saturated rings. The fraction of sp³-hybridized carbons (Fsp3) is 0.385. The van der Waals surface area contributed by atoms with Crippen molar-refractivity contribution in [1.29, 1.82) is 0 Å². The third kappa shape index (κ3) is 3.75. The van der Waals surface area contributed by atoms with Gasteiger partial charge in [-0.25, -0.2) is 9.18 Å². The van der Waals surface area contributed by atoms with Crippen LogP contribution in [0.1, 0.15) is 24.2 Å². The molecule has 0 bridgehead atoms. The molecule has 0 radical (unpaired) electrons. The first-order valence-electron chi connectivity index (χ1n) is 5.81. The summed E-state index contributed by atoms with van der Waals surface area (Å²) in [7, 11) is 1.22. The predicted octanol–water partition coefficient (Wildman–Crippen LogP) is 1.53. The van der Waals surface area contributed by atoms with Crippen molar-refractivity contribution in [2.24, 2.45) is 11.7 Å². The molecular formula is C13H17FN2O3. The maximum Gasteiger partial charge on any atom is 0.337 e. The van der Waals surface area contributed by atoms with E-state index in [9.17, 15) is 14.0 Å². The average molecular weight is 268 g/mol. The topological polar surface area (TPSA) is 81.4 Å². The summed E-state index contributed by atoms with van der Waals surface area (Å²) >= 11 is 0. The number of amides is 1. The van der Waals surface area contributed by atoms with Crippen LogP contribution in [0.5, 0.6) is 0 Å². The Morgan fingerprint density at radius 3 is 2.53 bits per heavy atom. The van der Waals surface area contributed by atoms with Crippen LogP contribution in [0.15, 0.2) is 18.2 Å². The molecule has 104 valence electrons. The number of methoxy groups -OCH3 is 1. The average Bonchev–Trinajstić information content (AvgIpc) is 2.39. The quantitative estimate of drug-likeness (QED) is 0.811. The molecule has 0 saturated carbocycles. The molecule has 1 aromatic rings. The molecule has 0 aliphatic carbocycles. The van der Waals surface area contributed by atoms with Crippen LogP contribution >= 0.6 is 0 Å². The molecule has 0 aliphatic heterocycles. The molecule has 1 aromatic carbocycles. The number of nitrogens with two attached hydrogens (primary N) is 1. The van der Waals surface area contributed by atoms with Crippen molar-refractivity contribution in [3.05, 3.63) is 29.6 Å². The highest BCUT2D eigenvalue weighted by molar-refractivity contribution is 5.97. The lowest BCUT2D eigenvalue weighted by Crippen LogP contribution is -2.39. The fourth-order valence-corrected chi connectivity index (χ4v) is 1.38. The van der Waals surface area contributed by atoms with E-state index in [-0.39, 0.29) is 17.2 Å². The van der Waals surface area contributed by atoms with Crippen molar-refractivity contribution >= 4 is 17.6 Å². The standard InChI is InChI=1S/C13H17FN2O3/c1-7(2)11(15)12(17)16-10-6-8(13(18)19-3)4-5-9(10)14/h4-7,11H,15H2,1-3H3,(H,16,17)/t11-/m0/s1. The summed E-state index contributed by atoms with van der Waals surface area (Å²) in [6.07, 6.45) is 0. The first kappa shape index (κ1) is 15.1. The lowest BCUT2D eigenvalue weighted by atomic mass is 10.0. The second-order valence-corrected chi connectivity index (χ2v) is 4.45. The van der Waals surface area contributed by atoms with Crippen molar-refractivity contribution in [2.45, 2.75) is 19.9 Å². The number of halogens is 1. The number of rotatable bonds is 4. The normalized spacial score (nSPS) is 12.1. The number of hydrogen-bond donors (Lipinski definition) is 2. The van der Waals surface area contributed by atoms with Crippen molar-refractivity contribution in [1.82, 2.24) is 0 Å². The van der Waals surface area contributed by atoms with E-state index in [0.29, 0.717) is 0 Å². The van der Waals surface area contributed by atoms with Gasteiger partial charge in [-0.2, -0.15) is 0 Å². The SMILES string of the molecule is COC(=O)c1ccc(F)c(NC(=O)[C@@H](N)C(C)C)c1. The van der Waals surface area contributed by atoms with Gasteiger partial charge in [0.25, 0.3) is 0 Å². The maximum absolute atomic E-state index is 13.6. The third-order valence-electron chi connectivity index (χ3n) is 2.67. The first-order valence-corrected chi connectivity index (χ1v) is 5.81. The van der Waals surface area contributed by atoms with E-state index in [1.807, 2.05) is 0 Å². The molecule has 1 atom stereocenters. The highest BCUT2D eigenvalue weighted by Gasteiger charge is 2.19. The van der Waals surface area contributed by atoms with Gasteiger partial charge in [0.15, 0.2) is 0 Å². The van der Waals surface area contributed by atoms with Crippen molar-refractivity contribution in [3.63, 3.8) is 0 Å². The van der Waals surface area contributed by atoms with E-state index >= 15 is 0 Å². The van der Waals surface area contributed by atoms with Gasteiger partial charge in [0.2, 0.25) is 5.91 Å².